The number of nitrogens with zero attached hydrogens (tertiary/aromatic N) is 3. The first-order valence-corrected chi connectivity index (χ1v) is 6.30. The maximum absolute atomic E-state index is 6.17. The van der Waals surface area contributed by atoms with E-state index < -0.39 is 0 Å². The Balaban J connectivity index is 2.10. The quantitative estimate of drug-likeness (QED) is 0.701. The lowest BCUT2D eigenvalue weighted by Gasteiger charge is -2.07. The first kappa shape index (κ1) is 11.6. The van der Waals surface area contributed by atoms with Crippen molar-refractivity contribution in [1.82, 2.24) is 14.1 Å². The van der Waals surface area contributed by atoms with Crippen LogP contribution in [0.2, 0.25) is 10.0 Å². The van der Waals surface area contributed by atoms with Crippen LogP contribution in [0.5, 0.6) is 0 Å². The third kappa shape index (κ3) is 1.89. The Morgan fingerprint density at radius 1 is 1.28 bits per heavy atom. The van der Waals surface area contributed by atoms with Crippen LogP contribution in [0.15, 0.2) is 36.9 Å². The highest BCUT2D eigenvalue weighted by atomic mass is 35.5. The topological polar surface area (TPSA) is 22.8 Å². The molecule has 0 bridgehead atoms. The summed E-state index contributed by atoms with van der Waals surface area (Å²) >= 11 is 12.2. The lowest BCUT2D eigenvalue weighted by molar-refractivity contribution is 0.744. The molecule has 0 aliphatic heterocycles. The molecule has 0 aliphatic carbocycles. The van der Waals surface area contributed by atoms with E-state index in [1.54, 1.807) is 12.4 Å². The van der Waals surface area contributed by atoms with Crippen LogP contribution < -0.4 is 0 Å². The monoisotopic (exact) mass is 279 g/mol. The predicted molar refractivity (Wildman–Crippen MR) is 74.3 cm³/mol. The highest BCUT2D eigenvalue weighted by Gasteiger charge is 2.08. The molecule has 2 heterocycles. The van der Waals surface area contributed by atoms with Crippen molar-refractivity contribution in [1.29, 1.82) is 0 Å². The van der Waals surface area contributed by atoms with Crippen LogP contribution in [0.25, 0.3) is 10.9 Å². The summed E-state index contributed by atoms with van der Waals surface area (Å²) < 4.78 is 4.11. The average Bonchev–Trinajstić information content (AvgIpc) is 2.88. The van der Waals surface area contributed by atoms with Crippen molar-refractivity contribution >= 4 is 34.1 Å². The first-order valence-electron chi connectivity index (χ1n) is 5.54. The normalized spacial score (nSPS) is 11.3. The number of hydrogen-bond donors (Lipinski definition) is 0. The van der Waals surface area contributed by atoms with Crippen molar-refractivity contribution in [3.8, 4) is 0 Å². The smallest absolute Gasteiger partial charge is 0.0946 e. The third-order valence-corrected chi connectivity index (χ3v) is 3.58. The number of fused-ring (bicyclic) bond motifs is 1. The maximum Gasteiger partial charge on any atom is 0.0946 e. The van der Waals surface area contributed by atoms with Gasteiger partial charge in [-0.1, -0.05) is 23.2 Å². The molecule has 0 unspecified atom stereocenters. The molecule has 0 N–H and O–H groups in total. The summed E-state index contributed by atoms with van der Waals surface area (Å²) in [6.45, 7) is 0.747. The Bertz CT molecular complexity index is 712. The van der Waals surface area contributed by atoms with Gasteiger partial charge in [0.05, 0.1) is 29.1 Å². The lowest BCUT2D eigenvalue weighted by Crippen LogP contribution is -2.02. The molecule has 0 amide bonds. The molecule has 0 aliphatic rings. The fourth-order valence-electron chi connectivity index (χ4n) is 2.07. The number of benzene rings is 1. The van der Waals surface area contributed by atoms with Gasteiger partial charge in [0.2, 0.25) is 0 Å². The molecule has 2 aromatic heterocycles. The van der Waals surface area contributed by atoms with E-state index in [4.69, 9.17) is 23.2 Å². The second kappa shape index (κ2) is 4.34. The molecule has 3 rings (SSSR count). The summed E-state index contributed by atoms with van der Waals surface area (Å²) in [7, 11) is 1.98. The summed E-state index contributed by atoms with van der Waals surface area (Å²) in [5.41, 5.74) is 2.16. The van der Waals surface area contributed by atoms with Crippen LogP contribution in [-0.4, -0.2) is 14.1 Å². The van der Waals surface area contributed by atoms with Crippen LogP contribution >= 0.6 is 23.2 Å². The molecule has 0 spiro atoms. The highest BCUT2D eigenvalue weighted by Crippen LogP contribution is 2.29. The summed E-state index contributed by atoms with van der Waals surface area (Å²) in [6.07, 6.45) is 5.67. The second-order valence-electron chi connectivity index (χ2n) is 4.26. The van der Waals surface area contributed by atoms with Crippen molar-refractivity contribution in [2.45, 2.75) is 6.54 Å². The summed E-state index contributed by atoms with van der Waals surface area (Å²) in [5, 5.41) is 2.35. The Morgan fingerprint density at radius 2 is 2.11 bits per heavy atom. The van der Waals surface area contributed by atoms with E-state index in [2.05, 4.69) is 9.55 Å². The van der Waals surface area contributed by atoms with E-state index in [9.17, 15) is 0 Å². The minimum atomic E-state index is 0.650. The molecule has 0 atom stereocenters. The van der Waals surface area contributed by atoms with Crippen molar-refractivity contribution in [2.75, 3.05) is 0 Å². The van der Waals surface area contributed by atoms with Gasteiger partial charge in [-0.2, -0.15) is 0 Å². The molecule has 0 saturated heterocycles. The van der Waals surface area contributed by atoms with Crippen molar-refractivity contribution in [3.05, 3.63) is 52.7 Å². The molecule has 3 aromatic rings. The van der Waals surface area contributed by atoms with Gasteiger partial charge in [-0.15, -0.1) is 0 Å². The van der Waals surface area contributed by atoms with Gasteiger partial charge in [0.25, 0.3) is 0 Å². The first-order chi connectivity index (χ1) is 8.65. The van der Waals surface area contributed by atoms with Crippen molar-refractivity contribution in [2.24, 2.45) is 7.05 Å². The van der Waals surface area contributed by atoms with Gasteiger partial charge in [-0.05, 0) is 18.2 Å². The number of aromatic nitrogens is 3. The van der Waals surface area contributed by atoms with Gasteiger partial charge in [0.1, 0.15) is 0 Å². The summed E-state index contributed by atoms with van der Waals surface area (Å²) in [4.78, 5) is 4.11. The van der Waals surface area contributed by atoms with Gasteiger partial charge in [0, 0.05) is 29.9 Å². The fraction of sp³-hybridized carbons (Fsp3) is 0.154. The minimum Gasteiger partial charge on any atom is -0.341 e. The van der Waals surface area contributed by atoms with E-state index in [1.165, 1.54) is 0 Å². The summed E-state index contributed by atoms with van der Waals surface area (Å²) in [5.74, 6) is 0. The Hall–Kier alpha value is -1.45. The molecule has 1 aromatic carbocycles. The van der Waals surface area contributed by atoms with E-state index in [0.29, 0.717) is 10.0 Å². The highest BCUT2D eigenvalue weighted by molar-refractivity contribution is 6.38. The predicted octanol–water partition coefficient (Wildman–Crippen LogP) is 3.73. The van der Waals surface area contributed by atoms with Crippen LogP contribution in [0.3, 0.4) is 0 Å². The van der Waals surface area contributed by atoms with Crippen LogP contribution in [0, 0.1) is 0 Å². The van der Waals surface area contributed by atoms with E-state index in [1.807, 2.05) is 36.1 Å². The molecular weight excluding hydrogens is 269 g/mol. The van der Waals surface area contributed by atoms with Crippen LogP contribution in [0.4, 0.5) is 0 Å². The molecule has 0 radical (unpaired) electrons. The fourth-order valence-corrected chi connectivity index (χ4v) is 2.61. The van der Waals surface area contributed by atoms with Gasteiger partial charge in [0.15, 0.2) is 0 Å². The van der Waals surface area contributed by atoms with Gasteiger partial charge in [-0.25, -0.2) is 4.98 Å². The molecule has 5 heteroatoms. The van der Waals surface area contributed by atoms with Gasteiger partial charge < -0.3 is 9.13 Å². The lowest BCUT2D eigenvalue weighted by atomic mass is 10.2. The zero-order chi connectivity index (χ0) is 12.7. The van der Waals surface area contributed by atoms with Crippen LogP contribution in [-0.2, 0) is 13.6 Å². The van der Waals surface area contributed by atoms with Crippen molar-refractivity contribution in [3.63, 3.8) is 0 Å². The number of hydrogen-bond acceptors (Lipinski definition) is 1. The standard InChI is InChI=1S/C13H11Cl2N3/c1-17-8-16-6-10(17)7-18-3-2-11-12(15)4-9(14)5-13(11)18/h2-6,8H,7H2,1H3. The number of halogens is 2. The van der Waals surface area contributed by atoms with E-state index in [0.717, 1.165) is 23.1 Å². The molecule has 0 fully saturated rings. The minimum absolute atomic E-state index is 0.650. The van der Waals surface area contributed by atoms with Gasteiger partial charge in [-0.3, -0.25) is 0 Å². The largest absolute Gasteiger partial charge is 0.341 e. The molecule has 92 valence electrons. The van der Waals surface area contributed by atoms with E-state index in [-0.39, 0.29) is 0 Å². The zero-order valence-corrected chi connectivity index (χ0v) is 11.3. The van der Waals surface area contributed by atoms with Crippen molar-refractivity contribution < 1.29 is 0 Å². The second-order valence-corrected chi connectivity index (χ2v) is 5.10. The number of imidazole rings is 1. The van der Waals surface area contributed by atoms with Crippen LogP contribution in [0.1, 0.15) is 5.69 Å². The Kier molecular flexibility index (Phi) is 2.80. The summed E-state index contributed by atoms with van der Waals surface area (Å²) in [6, 6.07) is 5.70. The molecular formula is C13H11Cl2N3. The SMILES string of the molecule is Cn1cncc1Cn1ccc2c(Cl)cc(Cl)cc21. The maximum atomic E-state index is 6.17. The molecule has 3 nitrogen and oxygen atoms in total. The number of rotatable bonds is 2. The Morgan fingerprint density at radius 3 is 2.83 bits per heavy atom. The molecule has 0 saturated carbocycles. The zero-order valence-electron chi connectivity index (χ0n) is 9.77. The third-order valence-electron chi connectivity index (χ3n) is 3.05. The van der Waals surface area contributed by atoms with Gasteiger partial charge >= 0.3 is 0 Å². The molecule has 18 heavy (non-hydrogen) atoms. The average molecular weight is 280 g/mol. The Labute approximate surface area is 115 Å². The van der Waals surface area contributed by atoms with E-state index >= 15 is 0 Å². The number of aryl methyl sites for hydroxylation is 1.